The van der Waals surface area contributed by atoms with Crippen LogP contribution in [0.1, 0.15) is 104 Å². The molecule has 0 fully saturated rings. The van der Waals surface area contributed by atoms with Crippen molar-refractivity contribution in [2.75, 3.05) is 19.7 Å². The maximum atomic E-state index is 13.7. The molecule has 0 heterocycles. The zero-order valence-corrected chi connectivity index (χ0v) is 30.5. The van der Waals surface area contributed by atoms with Crippen LogP contribution in [-0.2, 0) is 28.6 Å². The molecule has 1 aliphatic carbocycles. The number of fused-ring (bicyclic) bond motifs is 3. The van der Waals surface area contributed by atoms with E-state index in [1.165, 1.54) is 6.92 Å². The summed E-state index contributed by atoms with van der Waals surface area (Å²) in [6.45, 7) is 12.8. The highest BCUT2D eigenvalue weighted by molar-refractivity contribution is 5.89. The lowest BCUT2D eigenvalue weighted by molar-refractivity contribution is -0.159. The van der Waals surface area contributed by atoms with E-state index in [9.17, 15) is 24.0 Å². The van der Waals surface area contributed by atoms with E-state index in [-0.39, 0.29) is 31.3 Å². The van der Waals surface area contributed by atoms with Crippen LogP contribution in [0.4, 0.5) is 9.59 Å². The molecule has 2 aromatic carbocycles. The van der Waals surface area contributed by atoms with Crippen molar-refractivity contribution in [1.29, 1.82) is 0 Å². The minimum Gasteiger partial charge on any atom is -0.458 e. The molecular weight excluding hydrogens is 640 g/mol. The van der Waals surface area contributed by atoms with Gasteiger partial charge in [-0.2, -0.15) is 0 Å². The van der Waals surface area contributed by atoms with Gasteiger partial charge in [0.15, 0.2) is 0 Å². The van der Waals surface area contributed by atoms with Crippen LogP contribution >= 0.6 is 0 Å². The summed E-state index contributed by atoms with van der Waals surface area (Å²) < 4.78 is 16.6. The second kappa shape index (κ2) is 18.4. The lowest BCUT2D eigenvalue weighted by Crippen LogP contribution is -2.52. The molecule has 0 spiro atoms. The molecule has 4 amide bonds. The van der Waals surface area contributed by atoms with Gasteiger partial charge in [-0.05, 0) is 102 Å². The fourth-order valence-corrected chi connectivity index (χ4v) is 5.66. The highest BCUT2D eigenvalue weighted by Crippen LogP contribution is 2.44. The number of unbranched alkanes of at least 4 members (excludes halogenated alkanes) is 2. The van der Waals surface area contributed by atoms with Crippen LogP contribution in [0.5, 0.6) is 0 Å². The summed E-state index contributed by atoms with van der Waals surface area (Å²) in [5.41, 5.74) is 2.91. The summed E-state index contributed by atoms with van der Waals surface area (Å²) in [6, 6.07) is 14.0. The number of hydrogen-bond donors (Lipinski definition) is 4. The number of nitrogens with one attached hydrogen (secondary N) is 4. The lowest BCUT2D eigenvalue weighted by atomic mass is 9.98. The molecule has 0 aliphatic heterocycles. The van der Waals surface area contributed by atoms with E-state index < -0.39 is 47.3 Å². The average Bonchev–Trinajstić information content (AvgIpc) is 3.34. The van der Waals surface area contributed by atoms with Gasteiger partial charge >= 0.3 is 18.2 Å². The summed E-state index contributed by atoms with van der Waals surface area (Å²) in [5.74, 6) is -1.46. The van der Waals surface area contributed by atoms with Crippen molar-refractivity contribution in [2.45, 2.75) is 116 Å². The molecule has 0 saturated carbocycles. The van der Waals surface area contributed by atoms with Crippen LogP contribution in [0.25, 0.3) is 11.1 Å². The zero-order chi connectivity index (χ0) is 36.9. The maximum Gasteiger partial charge on any atom is 0.407 e. The van der Waals surface area contributed by atoms with Crippen molar-refractivity contribution in [3.63, 3.8) is 0 Å². The van der Waals surface area contributed by atoms with Gasteiger partial charge in [0.2, 0.25) is 11.8 Å². The van der Waals surface area contributed by atoms with Crippen LogP contribution in [0.3, 0.4) is 0 Å². The molecule has 0 aromatic heterocycles. The van der Waals surface area contributed by atoms with E-state index >= 15 is 0 Å². The maximum absolute atomic E-state index is 13.7. The van der Waals surface area contributed by atoms with E-state index in [2.05, 4.69) is 21.3 Å². The molecule has 0 bridgehead atoms. The van der Waals surface area contributed by atoms with Crippen LogP contribution < -0.4 is 21.3 Å². The summed E-state index contributed by atoms with van der Waals surface area (Å²) in [7, 11) is 0. The standard InChI is InChI=1S/C38H54N4O8/c1-25(43)39-22-14-13-21-32(34(45)49-37(2,3)4)41-33(44)31(20-12-15-23-40-35(46)50-38(5,6)7)42-36(47)48-24-30-28-18-10-8-16-26(28)27-17-9-11-19-29(27)30/h8-11,16-19,30-32H,12-15,20-24H2,1-7H3,(H,39,43)(H,40,46)(H,41,44)(H,42,47)/t31-,32-/m0/s1. The van der Waals surface area contributed by atoms with Crippen molar-refractivity contribution in [3.05, 3.63) is 59.7 Å². The molecule has 3 rings (SSSR count). The van der Waals surface area contributed by atoms with Gasteiger partial charge in [0.25, 0.3) is 0 Å². The number of esters is 1. The summed E-state index contributed by atoms with van der Waals surface area (Å²) in [5, 5.41) is 10.9. The molecule has 1 aliphatic rings. The first-order valence-electron chi connectivity index (χ1n) is 17.4. The Kier molecular flexibility index (Phi) is 14.7. The summed E-state index contributed by atoms with van der Waals surface area (Å²) in [4.78, 5) is 63.4. The average molecular weight is 695 g/mol. The number of hydrogen-bond acceptors (Lipinski definition) is 8. The lowest BCUT2D eigenvalue weighted by Gasteiger charge is -2.26. The van der Waals surface area contributed by atoms with Crippen LogP contribution in [-0.4, -0.2) is 73.0 Å². The second-order valence-corrected chi connectivity index (χ2v) is 14.5. The molecule has 0 saturated heterocycles. The van der Waals surface area contributed by atoms with Gasteiger partial charge in [-0.3, -0.25) is 9.59 Å². The van der Waals surface area contributed by atoms with Crippen molar-refractivity contribution < 1.29 is 38.2 Å². The Morgan fingerprint density at radius 3 is 1.72 bits per heavy atom. The van der Waals surface area contributed by atoms with Crippen molar-refractivity contribution in [1.82, 2.24) is 21.3 Å². The molecule has 0 unspecified atom stereocenters. The van der Waals surface area contributed by atoms with Crippen molar-refractivity contribution in [3.8, 4) is 11.1 Å². The van der Waals surface area contributed by atoms with Gasteiger partial charge in [0.1, 0.15) is 29.9 Å². The third-order valence-electron chi connectivity index (χ3n) is 7.84. The highest BCUT2D eigenvalue weighted by atomic mass is 16.6. The molecule has 2 aromatic rings. The van der Waals surface area contributed by atoms with Gasteiger partial charge < -0.3 is 35.5 Å². The number of amides is 4. The Morgan fingerprint density at radius 2 is 1.18 bits per heavy atom. The monoisotopic (exact) mass is 694 g/mol. The number of rotatable bonds is 16. The van der Waals surface area contributed by atoms with Gasteiger partial charge in [0.05, 0.1) is 0 Å². The first-order valence-corrected chi connectivity index (χ1v) is 17.4. The van der Waals surface area contributed by atoms with E-state index in [4.69, 9.17) is 14.2 Å². The van der Waals surface area contributed by atoms with Gasteiger partial charge in [0, 0.05) is 25.9 Å². The molecule has 12 heteroatoms. The largest absolute Gasteiger partial charge is 0.458 e. The third-order valence-corrected chi connectivity index (χ3v) is 7.84. The molecule has 274 valence electrons. The normalized spacial score (nSPS) is 13.6. The predicted molar refractivity (Wildman–Crippen MR) is 190 cm³/mol. The molecule has 2 atom stereocenters. The number of benzene rings is 2. The first-order chi connectivity index (χ1) is 23.5. The van der Waals surface area contributed by atoms with E-state index in [0.29, 0.717) is 38.8 Å². The third kappa shape index (κ3) is 13.4. The van der Waals surface area contributed by atoms with Gasteiger partial charge in [-0.25, -0.2) is 14.4 Å². The zero-order valence-electron chi connectivity index (χ0n) is 30.5. The minimum absolute atomic E-state index is 0.0723. The molecule has 50 heavy (non-hydrogen) atoms. The van der Waals surface area contributed by atoms with Crippen LogP contribution in [0, 0.1) is 0 Å². The summed E-state index contributed by atoms with van der Waals surface area (Å²) >= 11 is 0. The topological polar surface area (TPSA) is 161 Å². The van der Waals surface area contributed by atoms with E-state index in [1.54, 1.807) is 41.5 Å². The number of alkyl carbamates (subject to hydrolysis) is 2. The number of carbonyl (C=O) groups excluding carboxylic acids is 5. The fourth-order valence-electron chi connectivity index (χ4n) is 5.66. The SMILES string of the molecule is CC(=O)NCCCC[C@H](NC(=O)[C@H](CCCCNC(=O)OC(C)(C)C)NC(=O)OCC1c2ccccc2-c2ccccc21)C(=O)OC(C)(C)C. The first kappa shape index (κ1) is 39.8. The van der Waals surface area contributed by atoms with E-state index in [0.717, 1.165) is 22.3 Å². The Bertz CT molecular complexity index is 1430. The van der Waals surface area contributed by atoms with Crippen LogP contribution in [0.2, 0.25) is 0 Å². The molecule has 4 N–H and O–H groups in total. The van der Waals surface area contributed by atoms with Crippen molar-refractivity contribution in [2.24, 2.45) is 0 Å². The Balaban J connectivity index is 1.68. The number of ether oxygens (including phenoxy) is 3. The molecule has 0 radical (unpaired) electrons. The predicted octanol–water partition coefficient (Wildman–Crippen LogP) is 5.72. The Hall–Kier alpha value is -4.61. The minimum atomic E-state index is -1.03. The molecule has 12 nitrogen and oxygen atoms in total. The van der Waals surface area contributed by atoms with Gasteiger partial charge in [-0.1, -0.05) is 48.5 Å². The van der Waals surface area contributed by atoms with Crippen LogP contribution in [0.15, 0.2) is 48.5 Å². The number of carbonyl (C=O) groups is 5. The second-order valence-electron chi connectivity index (χ2n) is 14.5. The van der Waals surface area contributed by atoms with E-state index in [1.807, 2.05) is 48.5 Å². The Labute approximate surface area is 295 Å². The smallest absolute Gasteiger partial charge is 0.407 e. The molecular formula is C38H54N4O8. The Morgan fingerprint density at radius 1 is 0.660 bits per heavy atom. The quantitative estimate of drug-likeness (QED) is 0.0986. The fraction of sp³-hybridized carbons (Fsp3) is 0.553. The van der Waals surface area contributed by atoms with Gasteiger partial charge in [-0.15, -0.1) is 0 Å². The highest BCUT2D eigenvalue weighted by Gasteiger charge is 2.32. The summed E-state index contributed by atoms with van der Waals surface area (Å²) in [6.07, 6.45) is 1.30. The van der Waals surface area contributed by atoms with Crippen molar-refractivity contribution >= 4 is 30.0 Å².